The molecule has 1 N–H and O–H groups in total. The molecule has 0 amide bonds. The van der Waals surface area contributed by atoms with E-state index in [1.807, 2.05) is 38.1 Å². The summed E-state index contributed by atoms with van der Waals surface area (Å²) >= 11 is 6.71. The first kappa shape index (κ1) is 22.8. The van der Waals surface area contributed by atoms with E-state index in [0.717, 1.165) is 70.1 Å². The Hall–Kier alpha value is -2.84. The van der Waals surface area contributed by atoms with Crippen LogP contribution in [-0.2, 0) is 0 Å². The van der Waals surface area contributed by atoms with Crippen molar-refractivity contribution in [1.82, 2.24) is 10.2 Å². The van der Waals surface area contributed by atoms with Gasteiger partial charge in [0.25, 0.3) is 0 Å². The van der Waals surface area contributed by atoms with Gasteiger partial charge in [-0.3, -0.25) is 0 Å². The molecule has 0 unspecified atom stereocenters. The Morgan fingerprint density at radius 2 is 1.81 bits per heavy atom. The van der Waals surface area contributed by atoms with Crippen LogP contribution in [0.25, 0.3) is 10.8 Å². The van der Waals surface area contributed by atoms with E-state index in [9.17, 15) is 5.26 Å². The summed E-state index contributed by atoms with van der Waals surface area (Å²) in [7, 11) is 0. The van der Waals surface area contributed by atoms with Crippen molar-refractivity contribution in [1.29, 1.82) is 5.26 Å². The monoisotopic (exact) mass is 435 g/mol. The van der Waals surface area contributed by atoms with Crippen molar-refractivity contribution in [3.8, 4) is 6.07 Å². The molecule has 0 saturated carbocycles. The maximum atomic E-state index is 9.37. The van der Waals surface area contributed by atoms with Gasteiger partial charge in [0.2, 0.25) is 0 Å². The molecule has 162 valence electrons. The summed E-state index contributed by atoms with van der Waals surface area (Å²) < 4.78 is 0. The molecule has 1 aromatic heterocycles. The van der Waals surface area contributed by atoms with Crippen LogP contribution in [0.5, 0.6) is 0 Å². The molecule has 0 spiro atoms. The van der Waals surface area contributed by atoms with E-state index in [0.29, 0.717) is 5.56 Å². The Bertz CT molecular complexity index is 1110. The lowest BCUT2D eigenvalue weighted by Gasteiger charge is -2.26. The zero-order valence-electron chi connectivity index (χ0n) is 19.0. The number of benzene rings is 2. The summed E-state index contributed by atoms with van der Waals surface area (Å²) in [5, 5.41) is 24.5. The van der Waals surface area contributed by atoms with Crippen molar-refractivity contribution in [2.24, 2.45) is 0 Å². The highest BCUT2D eigenvalue weighted by Gasteiger charge is 2.17. The summed E-state index contributed by atoms with van der Waals surface area (Å²) in [6, 6.07) is 12.2. The number of hydrogen-bond donors (Lipinski definition) is 1. The number of halogens is 1. The number of nitriles is 1. The fourth-order valence-electron chi connectivity index (χ4n) is 4.06. The number of hydrogen-bond acceptors (Lipinski definition) is 5. The van der Waals surface area contributed by atoms with E-state index in [1.165, 1.54) is 0 Å². The topological polar surface area (TPSA) is 64.8 Å². The normalized spacial score (nSPS) is 11.9. The highest BCUT2D eigenvalue weighted by molar-refractivity contribution is 6.34. The number of nitrogens with one attached hydrogen (secondary N) is 1. The molecule has 5 nitrogen and oxygen atoms in total. The van der Waals surface area contributed by atoms with Crippen molar-refractivity contribution in [2.45, 2.75) is 53.5 Å². The Labute approximate surface area is 190 Å². The van der Waals surface area contributed by atoms with Crippen molar-refractivity contribution in [2.75, 3.05) is 23.3 Å². The zero-order chi connectivity index (χ0) is 22.5. The maximum absolute atomic E-state index is 9.37. The molecule has 0 aliphatic carbocycles. The summed E-state index contributed by atoms with van der Waals surface area (Å²) in [4.78, 5) is 2.34. The second kappa shape index (κ2) is 9.98. The SMILES string of the molecule is CCCN(CCC)c1cc2c(N[C@H](C)c3cccc(C#N)c3C)nnc(C)c2cc1Cl. The van der Waals surface area contributed by atoms with Gasteiger partial charge in [-0.05, 0) is 62.9 Å². The predicted molar refractivity (Wildman–Crippen MR) is 130 cm³/mol. The Morgan fingerprint density at radius 3 is 2.45 bits per heavy atom. The second-order valence-electron chi connectivity index (χ2n) is 7.97. The van der Waals surface area contributed by atoms with Gasteiger partial charge in [0.1, 0.15) is 0 Å². The minimum Gasteiger partial charge on any atom is -0.370 e. The molecule has 0 aliphatic heterocycles. The van der Waals surface area contributed by atoms with Gasteiger partial charge in [0.15, 0.2) is 5.82 Å². The van der Waals surface area contributed by atoms with Crippen molar-refractivity contribution >= 4 is 33.9 Å². The van der Waals surface area contributed by atoms with E-state index in [4.69, 9.17) is 11.6 Å². The Kier molecular flexibility index (Phi) is 7.35. The van der Waals surface area contributed by atoms with E-state index in [2.05, 4.69) is 53.3 Å². The lowest BCUT2D eigenvalue weighted by atomic mass is 9.98. The summed E-state index contributed by atoms with van der Waals surface area (Å²) in [5.41, 5.74) is 4.62. The van der Waals surface area contributed by atoms with Crippen LogP contribution < -0.4 is 10.2 Å². The fourth-order valence-corrected chi connectivity index (χ4v) is 4.34. The third-order valence-electron chi connectivity index (χ3n) is 5.68. The van der Waals surface area contributed by atoms with Crippen LogP contribution in [0.4, 0.5) is 11.5 Å². The first-order valence-electron chi connectivity index (χ1n) is 10.9. The van der Waals surface area contributed by atoms with Crippen LogP contribution in [-0.4, -0.2) is 23.3 Å². The highest BCUT2D eigenvalue weighted by Crippen LogP contribution is 2.36. The molecular formula is C25H30ClN5. The van der Waals surface area contributed by atoms with Crippen LogP contribution in [0, 0.1) is 25.2 Å². The summed E-state index contributed by atoms with van der Waals surface area (Å²) in [6.45, 7) is 12.3. The lowest BCUT2D eigenvalue weighted by molar-refractivity contribution is 0.745. The minimum atomic E-state index is -0.0324. The average molecular weight is 436 g/mol. The quantitative estimate of drug-likeness (QED) is 0.433. The van der Waals surface area contributed by atoms with Crippen molar-refractivity contribution < 1.29 is 0 Å². The van der Waals surface area contributed by atoms with Crippen molar-refractivity contribution in [3.63, 3.8) is 0 Å². The molecule has 1 atom stereocenters. The highest BCUT2D eigenvalue weighted by atomic mass is 35.5. The summed E-state index contributed by atoms with van der Waals surface area (Å²) in [6.07, 6.45) is 2.11. The predicted octanol–water partition coefficient (Wildman–Crippen LogP) is 6.57. The first-order valence-corrected chi connectivity index (χ1v) is 11.3. The lowest BCUT2D eigenvalue weighted by Crippen LogP contribution is -2.25. The molecule has 0 saturated heterocycles. The third kappa shape index (κ3) is 4.75. The van der Waals surface area contributed by atoms with Crippen molar-refractivity contribution in [3.05, 3.63) is 57.7 Å². The van der Waals surface area contributed by atoms with Crippen LogP contribution in [0.1, 0.15) is 62.0 Å². The molecule has 0 fully saturated rings. The van der Waals surface area contributed by atoms with Gasteiger partial charge in [-0.15, -0.1) is 5.10 Å². The van der Waals surface area contributed by atoms with Gasteiger partial charge in [0, 0.05) is 23.9 Å². The summed E-state index contributed by atoms with van der Waals surface area (Å²) in [5.74, 6) is 0.723. The van der Waals surface area contributed by atoms with Gasteiger partial charge < -0.3 is 10.2 Å². The minimum absolute atomic E-state index is 0.0324. The van der Waals surface area contributed by atoms with E-state index in [1.54, 1.807) is 0 Å². The molecule has 6 heteroatoms. The Morgan fingerprint density at radius 1 is 1.10 bits per heavy atom. The largest absolute Gasteiger partial charge is 0.370 e. The third-order valence-corrected chi connectivity index (χ3v) is 5.98. The van der Waals surface area contributed by atoms with Crippen LogP contribution in [0.15, 0.2) is 30.3 Å². The molecule has 3 aromatic rings. The molecule has 0 radical (unpaired) electrons. The molecule has 31 heavy (non-hydrogen) atoms. The van der Waals surface area contributed by atoms with Gasteiger partial charge in [0.05, 0.1) is 34.1 Å². The van der Waals surface area contributed by atoms with E-state index in [-0.39, 0.29) is 6.04 Å². The van der Waals surface area contributed by atoms with E-state index < -0.39 is 0 Å². The van der Waals surface area contributed by atoms with E-state index >= 15 is 0 Å². The number of nitrogens with zero attached hydrogens (tertiary/aromatic N) is 4. The number of aromatic nitrogens is 2. The first-order chi connectivity index (χ1) is 14.9. The molecule has 1 heterocycles. The van der Waals surface area contributed by atoms with Crippen LogP contribution >= 0.6 is 11.6 Å². The molecule has 2 aromatic carbocycles. The fraction of sp³-hybridized carbons (Fsp3) is 0.400. The maximum Gasteiger partial charge on any atom is 0.157 e. The Balaban J connectivity index is 2.07. The standard InChI is InChI=1S/C25H30ClN5/c1-6-11-31(12-7-2)24-14-22-21(13-23(24)26)18(5)29-30-25(22)28-17(4)20-10-8-9-19(15-27)16(20)3/h8-10,13-14,17H,6-7,11-12H2,1-5H3,(H,28,30)/t17-/m1/s1. The molecular weight excluding hydrogens is 406 g/mol. The number of aryl methyl sites for hydroxylation is 1. The smallest absolute Gasteiger partial charge is 0.157 e. The molecule has 0 aliphatic rings. The average Bonchev–Trinajstić information content (AvgIpc) is 2.75. The molecule has 0 bridgehead atoms. The van der Waals surface area contributed by atoms with Crippen LogP contribution in [0.3, 0.4) is 0 Å². The number of fused-ring (bicyclic) bond motifs is 1. The van der Waals surface area contributed by atoms with Crippen LogP contribution in [0.2, 0.25) is 5.02 Å². The van der Waals surface area contributed by atoms with Gasteiger partial charge in [-0.2, -0.15) is 10.4 Å². The van der Waals surface area contributed by atoms with Gasteiger partial charge in [-0.25, -0.2) is 0 Å². The second-order valence-corrected chi connectivity index (χ2v) is 8.38. The zero-order valence-corrected chi connectivity index (χ0v) is 19.7. The molecule has 3 rings (SSSR count). The number of anilines is 2. The van der Waals surface area contributed by atoms with Gasteiger partial charge in [-0.1, -0.05) is 37.6 Å². The number of rotatable bonds is 8. The van der Waals surface area contributed by atoms with Gasteiger partial charge >= 0.3 is 0 Å².